The van der Waals surface area contributed by atoms with Gasteiger partial charge in [-0.1, -0.05) is 41.9 Å². The fourth-order valence-corrected chi connectivity index (χ4v) is 2.93. The zero-order valence-electron chi connectivity index (χ0n) is 14.5. The molecule has 0 saturated heterocycles. The molecule has 0 radical (unpaired) electrons. The van der Waals surface area contributed by atoms with E-state index >= 15 is 0 Å². The summed E-state index contributed by atoms with van der Waals surface area (Å²) in [4.78, 5) is 39.0. The largest absolute Gasteiger partial charge is 0.346 e. The maximum atomic E-state index is 12.6. The highest BCUT2D eigenvalue weighted by Crippen LogP contribution is 2.16. The predicted molar refractivity (Wildman–Crippen MR) is 105 cm³/mol. The van der Waals surface area contributed by atoms with Gasteiger partial charge >= 0.3 is 0 Å². The second kappa shape index (κ2) is 7.53. The summed E-state index contributed by atoms with van der Waals surface area (Å²) in [5.41, 5.74) is 2.30. The average Bonchev–Trinajstić information content (AvgIpc) is 3.33. The number of H-pyrrole nitrogens is 2. The molecule has 4 N–H and O–H groups in total. The molecule has 0 saturated carbocycles. The van der Waals surface area contributed by atoms with Crippen LogP contribution in [0.25, 0.3) is 11.0 Å². The molecule has 8 nitrogen and oxygen atoms in total. The molecule has 0 bridgehead atoms. The van der Waals surface area contributed by atoms with Crippen molar-refractivity contribution in [3.8, 4) is 0 Å². The number of carbonyl (C=O) groups is 2. The van der Waals surface area contributed by atoms with Crippen molar-refractivity contribution in [2.75, 3.05) is 5.32 Å². The molecule has 9 heteroatoms. The molecule has 0 spiro atoms. The third-order valence-corrected chi connectivity index (χ3v) is 4.47. The van der Waals surface area contributed by atoms with E-state index in [9.17, 15) is 9.59 Å². The van der Waals surface area contributed by atoms with Crippen LogP contribution < -0.4 is 10.6 Å². The van der Waals surface area contributed by atoms with Crippen LogP contribution in [0.4, 0.5) is 5.95 Å². The Kier molecular flexibility index (Phi) is 4.77. The Balaban J connectivity index is 1.47. The van der Waals surface area contributed by atoms with Gasteiger partial charge in [-0.25, -0.2) is 9.97 Å². The lowest BCUT2D eigenvalue weighted by Crippen LogP contribution is -2.26. The second-order valence-corrected chi connectivity index (χ2v) is 6.36. The van der Waals surface area contributed by atoms with Crippen molar-refractivity contribution in [1.82, 2.24) is 25.3 Å². The van der Waals surface area contributed by atoms with Gasteiger partial charge in [0, 0.05) is 11.6 Å². The van der Waals surface area contributed by atoms with Crippen molar-refractivity contribution >= 4 is 40.4 Å². The second-order valence-electron chi connectivity index (χ2n) is 5.96. The van der Waals surface area contributed by atoms with Gasteiger partial charge < -0.3 is 15.3 Å². The van der Waals surface area contributed by atoms with E-state index in [1.54, 1.807) is 6.07 Å². The van der Waals surface area contributed by atoms with Crippen LogP contribution >= 0.6 is 11.6 Å². The lowest BCUT2D eigenvalue weighted by Gasteiger charge is -2.07. The number of amides is 2. The molecule has 0 aliphatic rings. The first kappa shape index (κ1) is 17.7. The molecule has 0 atom stereocenters. The Morgan fingerprint density at radius 3 is 2.64 bits per heavy atom. The molecule has 2 amide bonds. The summed E-state index contributed by atoms with van der Waals surface area (Å²) in [6.07, 6.45) is 1.29. The van der Waals surface area contributed by atoms with Crippen molar-refractivity contribution in [3.05, 3.63) is 76.8 Å². The Morgan fingerprint density at radius 2 is 1.82 bits per heavy atom. The van der Waals surface area contributed by atoms with Gasteiger partial charge in [0.05, 0.1) is 17.4 Å². The molecule has 0 aliphatic carbocycles. The van der Waals surface area contributed by atoms with Crippen molar-refractivity contribution in [1.29, 1.82) is 0 Å². The molecule has 2 heterocycles. The highest BCUT2D eigenvalue weighted by molar-refractivity contribution is 6.31. The van der Waals surface area contributed by atoms with Gasteiger partial charge in [-0.05, 0) is 23.8 Å². The third-order valence-electron chi connectivity index (χ3n) is 4.10. The molecule has 140 valence electrons. The quantitative estimate of drug-likeness (QED) is 0.416. The molecule has 2 aromatic carbocycles. The number of rotatable bonds is 5. The molecule has 0 fully saturated rings. The van der Waals surface area contributed by atoms with Gasteiger partial charge in [-0.2, -0.15) is 0 Å². The van der Waals surface area contributed by atoms with Crippen molar-refractivity contribution < 1.29 is 9.59 Å². The van der Waals surface area contributed by atoms with Crippen LogP contribution in [0.1, 0.15) is 26.5 Å². The van der Waals surface area contributed by atoms with Gasteiger partial charge in [0.25, 0.3) is 11.8 Å². The average molecular weight is 395 g/mol. The number of anilines is 1. The van der Waals surface area contributed by atoms with E-state index in [0.717, 1.165) is 16.6 Å². The summed E-state index contributed by atoms with van der Waals surface area (Å²) < 4.78 is 0. The molecule has 4 rings (SSSR count). The van der Waals surface area contributed by atoms with E-state index in [-0.39, 0.29) is 23.9 Å². The van der Waals surface area contributed by atoms with Crippen LogP contribution in [0.15, 0.2) is 54.9 Å². The normalized spacial score (nSPS) is 10.8. The van der Waals surface area contributed by atoms with E-state index in [0.29, 0.717) is 5.02 Å². The topological polar surface area (TPSA) is 116 Å². The summed E-state index contributed by atoms with van der Waals surface area (Å²) >= 11 is 6.09. The summed E-state index contributed by atoms with van der Waals surface area (Å²) in [5.74, 6) is -0.737. The maximum Gasteiger partial charge on any atom is 0.276 e. The Labute approximate surface area is 164 Å². The number of hydrogen-bond acceptors (Lipinski definition) is 4. The standard InChI is InChI=1S/C19H15ClN6O2/c20-12-6-2-1-5-11(12)9-21-17(27)15-16(23-10-22-15)18(28)26-19-24-13-7-3-4-8-14(13)25-19/h1-8,10H,9H2,(H,21,27)(H,22,23)(H2,24,25,26,28). The molecule has 0 unspecified atom stereocenters. The Hall–Kier alpha value is -3.65. The zero-order valence-corrected chi connectivity index (χ0v) is 15.2. The van der Waals surface area contributed by atoms with Gasteiger partial charge in [-0.15, -0.1) is 0 Å². The first-order valence-corrected chi connectivity index (χ1v) is 8.80. The minimum Gasteiger partial charge on any atom is -0.346 e. The lowest BCUT2D eigenvalue weighted by atomic mass is 10.2. The highest BCUT2D eigenvalue weighted by atomic mass is 35.5. The van der Waals surface area contributed by atoms with Gasteiger partial charge in [0.15, 0.2) is 5.69 Å². The molecule has 2 aromatic heterocycles. The molecule has 4 aromatic rings. The zero-order chi connectivity index (χ0) is 19.5. The number of para-hydroxylation sites is 2. The minimum absolute atomic E-state index is 0.0133. The van der Waals surface area contributed by atoms with E-state index in [1.807, 2.05) is 42.5 Å². The lowest BCUT2D eigenvalue weighted by molar-refractivity contribution is 0.0933. The fraction of sp³-hybridized carbons (Fsp3) is 0.0526. The summed E-state index contributed by atoms with van der Waals surface area (Å²) in [6, 6.07) is 14.6. The van der Waals surface area contributed by atoms with Crippen LogP contribution in [-0.2, 0) is 6.54 Å². The van der Waals surface area contributed by atoms with Crippen molar-refractivity contribution in [3.63, 3.8) is 0 Å². The van der Waals surface area contributed by atoms with Gasteiger partial charge in [-0.3, -0.25) is 14.9 Å². The first-order valence-electron chi connectivity index (χ1n) is 8.43. The number of hydrogen-bond donors (Lipinski definition) is 4. The Morgan fingerprint density at radius 1 is 1.04 bits per heavy atom. The maximum absolute atomic E-state index is 12.6. The number of halogens is 1. The number of aromatic amines is 2. The number of carbonyl (C=O) groups excluding carboxylic acids is 2. The van der Waals surface area contributed by atoms with Crippen molar-refractivity contribution in [2.45, 2.75) is 6.54 Å². The smallest absolute Gasteiger partial charge is 0.276 e. The van der Waals surface area contributed by atoms with E-state index in [1.165, 1.54) is 6.33 Å². The SMILES string of the molecule is O=C(NCc1ccccc1Cl)c1nc[nH]c1C(=O)Nc1nc2ccccc2[nH]1. The summed E-state index contributed by atoms with van der Waals surface area (Å²) in [7, 11) is 0. The number of benzene rings is 2. The van der Waals surface area contributed by atoms with E-state index in [4.69, 9.17) is 11.6 Å². The molecular weight excluding hydrogens is 380 g/mol. The monoisotopic (exact) mass is 394 g/mol. The number of nitrogens with one attached hydrogen (secondary N) is 4. The van der Waals surface area contributed by atoms with Crippen LogP contribution in [-0.4, -0.2) is 31.8 Å². The van der Waals surface area contributed by atoms with Crippen LogP contribution in [0.3, 0.4) is 0 Å². The third kappa shape index (κ3) is 3.58. The Bertz CT molecular complexity index is 1130. The van der Waals surface area contributed by atoms with Gasteiger partial charge in [0.1, 0.15) is 5.69 Å². The van der Waals surface area contributed by atoms with Crippen LogP contribution in [0.5, 0.6) is 0 Å². The van der Waals surface area contributed by atoms with Crippen LogP contribution in [0.2, 0.25) is 5.02 Å². The van der Waals surface area contributed by atoms with Crippen molar-refractivity contribution in [2.24, 2.45) is 0 Å². The highest BCUT2D eigenvalue weighted by Gasteiger charge is 2.21. The van der Waals surface area contributed by atoms with E-state index in [2.05, 4.69) is 30.6 Å². The minimum atomic E-state index is -0.528. The van der Waals surface area contributed by atoms with Gasteiger partial charge in [0.2, 0.25) is 5.95 Å². The fourth-order valence-electron chi connectivity index (χ4n) is 2.72. The number of imidazole rings is 2. The number of aromatic nitrogens is 4. The number of fused-ring (bicyclic) bond motifs is 1. The summed E-state index contributed by atoms with van der Waals surface area (Å²) in [6.45, 7) is 0.218. The molecule has 28 heavy (non-hydrogen) atoms. The summed E-state index contributed by atoms with van der Waals surface area (Å²) in [5, 5.41) is 5.90. The first-order chi connectivity index (χ1) is 13.6. The van der Waals surface area contributed by atoms with Crippen LogP contribution in [0, 0.1) is 0 Å². The molecule has 0 aliphatic heterocycles. The van der Waals surface area contributed by atoms with E-state index < -0.39 is 11.8 Å². The number of nitrogens with zero attached hydrogens (tertiary/aromatic N) is 2. The predicted octanol–water partition coefficient (Wildman–Crippen LogP) is 3.12. The molecular formula is C19H15ClN6O2.